The molecule has 1 aromatic carbocycles. The van der Waals surface area contributed by atoms with Crippen molar-refractivity contribution in [3.63, 3.8) is 0 Å². The topological polar surface area (TPSA) is 66.5 Å². The molecule has 0 aliphatic heterocycles. The van der Waals surface area contributed by atoms with Gasteiger partial charge < -0.3 is 5.32 Å². The SMILES string of the molecule is Clc1ccccc1CNc1ncnc2[nH]ncc12. The number of nitrogens with zero attached hydrogens (tertiary/aromatic N) is 3. The summed E-state index contributed by atoms with van der Waals surface area (Å²) in [4.78, 5) is 8.28. The van der Waals surface area contributed by atoms with Gasteiger partial charge in [0.15, 0.2) is 5.65 Å². The van der Waals surface area contributed by atoms with Crippen LogP contribution in [0.5, 0.6) is 0 Å². The van der Waals surface area contributed by atoms with E-state index in [1.165, 1.54) is 6.33 Å². The summed E-state index contributed by atoms with van der Waals surface area (Å²) in [6.07, 6.45) is 3.19. The fourth-order valence-corrected chi connectivity index (χ4v) is 1.93. The van der Waals surface area contributed by atoms with E-state index in [1.807, 2.05) is 24.3 Å². The molecule has 0 saturated carbocycles. The van der Waals surface area contributed by atoms with Gasteiger partial charge in [-0.25, -0.2) is 9.97 Å². The minimum Gasteiger partial charge on any atom is -0.365 e. The number of hydrogen-bond acceptors (Lipinski definition) is 4. The highest BCUT2D eigenvalue weighted by atomic mass is 35.5. The van der Waals surface area contributed by atoms with Gasteiger partial charge >= 0.3 is 0 Å². The molecule has 0 spiro atoms. The number of benzene rings is 1. The number of aromatic amines is 1. The van der Waals surface area contributed by atoms with Crippen molar-refractivity contribution in [2.75, 3.05) is 5.32 Å². The lowest BCUT2D eigenvalue weighted by Crippen LogP contribution is -2.02. The Kier molecular flexibility index (Phi) is 2.82. The maximum atomic E-state index is 6.10. The Labute approximate surface area is 108 Å². The fraction of sp³-hybridized carbons (Fsp3) is 0.0833. The molecule has 0 saturated heterocycles. The number of H-pyrrole nitrogens is 1. The molecule has 18 heavy (non-hydrogen) atoms. The molecule has 6 heteroatoms. The Hall–Kier alpha value is -2.14. The third-order valence-corrected chi connectivity index (χ3v) is 3.02. The normalized spacial score (nSPS) is 10.7. The molecule has 3 aromatic rings. The molecular weight excluding hydrogens is 250 g/mol. The largest absolute Gasteiger partial charge is 0.365 e. The predicted molar refractivity (Wildman–Crippen MR) is 70.5 cm³/mol. The first-order valence-electron chi connectivity index (χ1n) is 5.46. The lowest BCUT2D eigenvalue weighted by Gasteiger charge is -2.07. The van der Waals surface area contributed by atoms with Gasteiger partial charge in [-0.1, -0.05) is 29.8 Å². The molecule has 3 rings (SSSR count). The lowest BCUT2D eigenvalue weighted by molar-refractivity contribution is 1.08. The van der Waals surface area contributed by atoms with E-state index in [2.05, 4.69) is 25.5 Å². The number of aromatic nitrogens is 4. The van der Waals surface area contributed by atoms with Crippen LogP contribution in [0.25, 0.3) is 11.0 Å². The summed E-state index contributed by atoms with van der Waals surface area (Å²) < 4.78 is 0. The Morgan fingerprint density at radius 2 is 2.11 bits per heavy atom. The molecule has 0 aliphatic carbocycles. The van der Waals surface area contributed by atoms with E-state index < -0.39 is 0 Å². The van der Waals surface area contributed by atoms with Crippen LogP contribution in [-0.2, 0) is 6.54 Å². The summed E-state index contributed by atoms with van der Waals surface area (Å²) in [7, 11) is 0. The van der Waals surface area contributed by atoms with Gasteiger partial charge in [0.2, 0.25) is 0 Å². The maximum absolute atomic E-state index is 6.10. The van der Waals surface area contributed by atoms with Crippen molar-refractivity contribution in [2.45, 2.75) is 6.54 Å². The average Bonchev–Trinajstić information content (AvgIpc) is 2.86. The second kappa shape index (κ2) is 4.62. The van der Waals surface area contributed by atoms with Gasteiger partial charge in [0.25, 0.3) is 0 Å². The van der Waals surface area contributed by atoms with Crippen LogP contribution in [0.15, 0.2) is 36.8 Å². The highest BCUT2D eigenvalue weighted by Gasteiger charge is 2.05. The molecule has 2 heterocycles. The second-order valence-corrected chi connectivity index (χ2v) is 4.21. The van der Waals surface area contributed by atoms with Crippen LogP contribution in [0.2, 0.25) is 5.02 Å². The van der Waals surface area contributed by atoms with Crippen LogP contribution in [-0.4, -0.2) is 20.2 Å². The fourth-order valence-electron chi connectivity index (χ4n) is 1.73. The monoisotopic (exact) mass is 259 g/mol. The first-order chi connectivity index (χ1) is 8.84. The molecule has 0 bridgehead atoms. The molecular formula is C12H10ClN5. The smallest absolute Gasteiger partial charge is 0.160 e. The third-order valence-electron chi connectivity index (χ3n) is 2.65. The van der Waals surface area contributed by atoms with Crippen molar-refractivity contribution >= 4 is 28.5 Å². The van der Waals surface area contributed by atoms with Crippen LogP contribution in [0, 0.1) is 0 Å². The van der Waals surface area contributed by atoms with Gasteiger partial charge in [-0.05, 0) is 11.6 Å². The molecule has 0 unspecified atom stereocenters. The second-order valence-electron chi connectivity index (χ2n) is 3.80. The maximum Gasteiger partial charge on any atom is 0.160 e. The Balaban J connectivity index is 1.85. The van der Waals surface area contributed by atoms with Crippen LogP contribution in [0.1, 0.15) is 5.56 Å². The molecule has 2 aromatic heterocycles. The molecule has 90 valence electrons. The zero-order chi connectivity index (χ0) is 12.4. The van der Waals surface area contributed by atoms with Crippen molar-refractivity contribution in [3.8, 4) is 0 Å². The van der Waals surface area contributed by atoms with Crippen LogP contribution in [0.3, 0.4) is 0 Å². The summed E-state index contributed by atoms with van der Waals surface area (Å²) in [5, 5.41) is 11.6. The van der Waals surface area contributed by atoms with Gasteiger partial charge in [-0.2, -0.15) is 5.10 Å². The highest BCUT2D eigenvalue weighted by Crippen LogP contribution is 2.19. The molecule has 0 aliphatic rings. The highest BCUT2D eigenvalue weighted by molar-refractivity contribution is 6.31. The van der Waals surface area contributed by atoms with Crippen LogP contribution < -0.4 is 5.32 Å². The van der Waals surface area contributed by atoms with Gasteiger partial charge in [0.1, 0.15) is 12.1 Å². The molecule has 0 atom stereocenters. The summed E-state index contributed by atoms with van der Waals surface area (Å²) in [6, 6.07) is 7.70. The zero-order valence-electron chi connectivity index (χ0n) is 9.39. The quantitative estimate of drug-likeness (QED) is 0.759. The Morgan fingerprint density at radius 1 is 1.22 bits per heavy atom. The van der Waals surface area contributed by atoms with E-state index in [9.17, 15) is 0 Å². The number of fused-ring (bicyclic) bond motifs is 1. The number of hydrogen-bond donors (Lipinski definition) is 2. The van der Waals surface area contributed by atoms with Gasteiger partial charge in [-0.3, -0.25) is 5.10 Å². The lowest BCUT2D eigenvalue weighted by atomic mass is 10.2. The van der Waals surface area contributed by atoms with E-state index in [0.29, 0.717) is 12.2 Å². The number of halogens is 1. The van der Waals surface area contributed by atoms with Crippen LogP contribution >= 0.6 is 11.6 Å². The Bertz CT molecular complexity index is 679. The van der Waals surface area contributed by atoms with Gasteiger partial charge in [-0.15, -0.1) is 0 Å². The molecule has 0 amide bonds. The summed E-state index contributed by atoms with van der Waals surface area (Å²) in [5.74, 6) is 0.744. The van der Waals surface area contributed by atoms with E-state index in [1.54, 1.807) is 6.20 Å². The van der Waals surface area contributed by atoms with Crippen molar-refractivity contribution in [3.05, 3.63) is 47.4 Å². The molecule has 5 nitrogen and oxygen atoms in total. The van der Waals surface area contributed by atoms with Crippen LogP contribution in [0.4, 0.5) is 5.82 Å². The summed E-state index contributed by atoms with van der Waals surface area (Å²) in [5.41, 5.74) is 1.74. The summed E-state index contributed by atoms with van der Waals surface area (Å²) >= 11 is 6.10. The molecule has 0 radical (unpaired) electrons. The first-order valence-corrected chi connectivity index (χ1v) is 5.84. The third kappa shape index (κ3) is 2.00. The zero-order valence-corrected chi connectivity index (χ0v) is 10.1. The van der Waals surface area contributed by atoms with E-state index in [-0.39, 0.29) is 0 Å². The summed E-state index contributed by atoms with van der Waals surface area (Å²) in [6.45, 7) is 0.608. The standard InChI is InChI=1S/C12H10ClN5/c13-10-4-2-1-3-8(10)5-14-11-9-6-17-18-12(9)16-7-15-11/h1-4,6-7H,5H2,(H2,14,15,16,17,18). The van der Waals surface area contributed by atoms with E-state index in [0.717, 1.165) is 21.8 Å². The van der Waals surface area contributed by atoms with Gasteiger partial charge in [0, 0.05) is 11.6 Å². The molecule has 2 N–H and O–H groups in total. The van der Waals surface area contributed by atoms with Crippen molar-refractivity contribution in [1.82, 2.24) is 20.2 Å². The Morgan fingerprint density at radius 3 is 3.00 bits per heavy atom. The number of rotatable bonds is 3. The van der Waals surface area contributed by atoms with Crippen molar-refractivity contribution in [2.24, 2.45) is 0 Å². The first kappa shape index (κ1) is 11.0. The van der Waals surface area contributed by atoms with E-state index >= 15 is 0 Å². The molecule has 0 fully saturated rings. The average molecular weight is 260 g/mol. The number of nitrogens with one attached hydrogen (secondary N) is 2. The predicted octanol–water partition coefficient (Wildman–Crippen LogP) is 2.62. The van der Waals surface area contributed by atoms with Gasteiger partial charge in [0.05, 0.1) is 11.6 Å². The number of anilines is 1. The minimum atomic E-state index is 0.608. The van der Waals surface area contributed by atoms with Crippen molar-refractivity contribution in [1.29, 1.82) is 0 Å². The minimum absolute atomic E-state index is 0.608. The van der Waals surface area contributed by atoms with E-state index in [4.69, 9.17) is 11.6 Å². The van der Waals surface area contributed by atoms with Crippen molar-refractivity contribution < 1.29 is 0 Å².